The number of guanidine groups is 1. The van der Waals surface area contributed by atoms with E-state index in [-0.39, 0.29) is 0 Å². The highest BCUT2D eigenvalue weighted by molar-refractivity contribution is 5.80. The second-order valence-electron chi connectivity index (χ2n) is 8.00. The van der Waals surface area contributed by atoms with Gasteiger partial charge in [-0.3, -0.25) is 0 Å². The largest absolute Gasteiger partial charge is 0.359 e. The second-order valence-corrected chi connectivity index (χ2v) is 8.00. The van der Waals surface area contributed by atoms with Gasteiger partial charge in [-0.05, 0) is 51.1 Å². The van der Waals surface area contributed by atoms with Crippen molar-refractivity contribution in [2.75, 3.05) is 39.3 Å². The van der Waals surface area contributed by atoms with Crippen molar-refractivity contribution < 1.29 is 4.52 Å². The zero-order valence-corrected chi connectivity index (χ0v) is 16.7. The summed E-state index contributed by atoms with van der Waals surface area (Å²) in [6.45, 7) is 13.8. The number of aromatic nitrogens is 1. The van der Waals surface area contributed by atoms with Crippen LogP contribution >= 0.6 is 0 Å². The Kier molecular flexibility index (Phi) is 6.94. The van der Waals surface area contributed by atoms with Crippen LogP contribution in [0.1, 0.15) is 63.8 Å². The molecule has 0 bridgehead atoms. The van der Waals surface area contributed by atoms with Gasteiger partial charge in [0.25, 0.3) is 0 Å². The molecule has 146 valence electrons. The van der Waals surface area contributed by atoms with Gasteiger partial charge in [-0.2, -0.15) is 0 Å². The van der Waals surface area contributed by atoms with Crippen LogP contribution in [0.5, 0.6) is 0 Å². The van der Waals surface area contributed by atoms with Crippen LogP contribution in [0.25, 0.3) is 0 Å². The van der Waals surface area contributed by atoms with E-state index < -0.39 is 0 Å². The molecule has 26 heavy (non-hydrogen) atoms. The van der Waals surface area contributed by atoms with Crippen LogP contribution < -0.4 is 5.32 Å². The summed E-state index contributed by atoms with van der Waals surface area (Å²) in [5, 5.41) is 7.58. The summed E-state index contributed by atoms with van der Waals surface area (Å²) in [5.74, 6) is 3.00. The van der Waals surface area contributed by atoms with E-state index in [0.29, 0.717) is 12.5 Å². The molecule has 0 aliphatic carbocycles. The first-order chi connectivity index (χ1) is 12.7. The van der Waals surface area contributed by atoms with Crippen molar-refractivity contribution >= 4 is 5.96 Å². The summed E-state index contributed by atoms with van der Waals surface area (Å²) in [4.78, 5) is 9.87. The lowest BCUT2D eigenvalue weighted by atomic mass is 10.1. The van der Waals surface area contributed by atoms with E-state index in [9.17, 15) is 0 Å². The van der Waals surface area contributed by atoms with Crippen molar-refractivity contribution in [2.45, 2.75) is 58.9 Å². The predicted molar refractivity (Wildman–Crippen MR) is 105 cm³/mol. The Morgan fingerprint density at radius 1 is 1.31 bits per heavy atom. The fraction of sp³-hybridized carbons (Fsp3) is 0.800. The van der Waals surface area contributed by atoms with Crippen LogP contribution in [-0.2, 0) is 6.54 Å². The highest BCUT2D eigenvalue weighted by Crippen LogP contribution is 2.20. The lowest BCUT2D eigenvalue weighted by Gasteiger charge is -2.29. The number of rotatable bonds is 6. The zero-order chi connectivity index (χ0) is 18.4. The molecule has 1 aromatic heterocycles. The number of hydrogen-bond donors (Lipinski definition) is 1. The van der Waals surface area contributed by atoms with Crippen LogP contribution in [0, 0.1) is 5.92 Å². The van der Waals surface area contributed by atoms with Crippen LogP contribution in [0.2, 0.25) is 0 Å². The molecule has 6 nitrogen and oxygen atoms in total. The number of aliphatic imine (C=N–C) groups is 1. The minimum Gasteiger partial charge on any atom is -0.359 e. The molecule has 2 aliphatic rings. The Balaban J connectivity index is 1.54. The minimum absolute atomic E-state index is 0.388. The molecule has 0 radical (unpaired) electrons. The quantitative estimate of drug-likeness (QED) is 0.623. The highest BCUT2D eigenvalue weighted by atomic mass is 16.5. The van der Waals surface area contributed by atoms with Gasteiger partial charge in [0.15, 0.2) is 11.7 Å². The molecule has 0 saturated carbocycles. The van der Waals surface area contributed by atoms with Crippen molar-refractivity contribution in [3.05, 3.63) is 17.5 Å². The maximum absolute atomic E-state index is 5.43. The Morgan fingerprint density at radius 2 is 2.12 bits per heavy atom. The lowest BCUT2D eigenvalue weighted by molar-refractivity contribution is 0.198. The molecule has 3 heterocycles. The van der Waals surface area contributed by atoms with Gasteiger partial charge < -0.3 is 19.6 Å². The number of nitrogens with one attached hydrogen (secondary N) is 1. The number of piperidine rings is 1. The van der Waals surface area contributed by atoms with Crippen LogP contribution in [0.4, 0.5) is 0 Å². The molecular weight excluding hydrogens is 326 g/mol. The second kappa shape index (κ2) is 9.40. The molecule has 1 aromatic rings. The first kappa shape index (κ1) is 19.2. The van der Waals surface area contributed by atoms with E-state index >= 15 is 0 Å². The van der Waals surface area contributed by atoms with Gasteiger partial charge in [0.05, 0.1) is 5.69 Å². The molecule has 1 N–H and O–H groups in total. The van der Waals surface area contributed by atoms with Gasteiger partial charge in [0.2, 0.25) is 0 Å². The summed E-state index contributed by atoms with van der Waals surface area (Å²) < 4.78 is 5.43. The summed E-state index contributed by atoms with van der Waals surface area (Å²) in [5.41, 5.74) is 1.00. The molecule has 1 atom stereocenters. The van der Waals surface area contributed by atoms with Crippen molar-refractivity contribution in [2.24, 2.45) is 10.9 Å². The molecule has 2 fully saturated rings. The van der Waals surface area contributed by atoms with E-state index in [1.165, 1.54) is 45.3 Å². The van der Waals surface area contributed by atoms with Crippen molar-refractivity contribution in [3.63, 3.8) is 0 Å². The van der Waals surface area contributed by atoms with E-state index in [0.717, 1.165) is 43.0 Å². The van der Waals surface area contributed by atoms with Crippen LogP contribution in [0.15, 0.2) is 15.6 Å². The van der Waals surface area contributed by atoms with E-state index in [1.807, 2.05) is 6.07 Å². The third-order valence-corrected chi connectivity index (χ3v) is 5.44. The van der Waals surface area contributed by atoms with E-state index in [4.69, 9.17) is 9.52 Å². The fourth-order valence-corrected chi connectivity index (χ4v) is 3.94. The standard InChI is InChI=1S/C20H35N5O/c1-4-21-20(22-13-18-12-19(16(2)3)23-26-18)25-11-8-17(15-25)14-24-9-6-5-7-10-24/h12,16-17H,4-11,13-15H2,1-3H3,(H,21,22). The van der Waals surface area contributed by atoms with Gasteiger partial charge in [0, 0.05) is 32.2 Å². The molecule has 0 amide bonds. The Bertz CT molecular complexity index is 577. The average molecular weight is 362 g/mol. The average Bonchev–Trinajstić information content (AvgIpc) is 3.29. The van der Waals surface area contributed by atoms with Crippen LogP contribution in [0.3, 0.4) is 0 Å². The smallest absolute Gasteiger partial charge is 0.194 e. The number of hydrogen-bond acceptors (Lipinski definition) is 4. The number of likely N-dealkylation sites (tertiary alicyclic amines) is 2. The normalized spacial score (nSPS) is 22.4. The third-order valence-electron chi connectivity index (χ3n) is 5.44. The van der Waals surface area contributed by atoms with E-state index in [2.05, 4.69) is 41.0 Å². The summed E-state index contributed by atoms with van der Waals surface area (Å²) >= 11 is 0. The summed E-state index contributed by atoms with van der Waals surface area (Å²) in [6.07, 6.45) is 5.41. The minimum atomic E-state index is 0.388. The Labute approximate surface area is 158 Å². The van der Waals surface area contributed by atoms with Crippen molar-refractivity contribution in [1.82, 2.24) is 20.3 Å². The predicted octanol–water partition coefficient (Wildman–Crippen LogP) is 3.07. The lowest BCUT2D eigenvalue weighted by Crippen LogP contribution is -2.41. The first-order valence-electron chi connectivity index (χ1n) is 10.4. The fourth-order valence-electron chi connectivity index (χ4n) is 3.94. The number of nitrogens with zero attached hydrogens (tertiary/aromatic N) is 4. The van der Waals surface area contributed by atoms with E-state index in [1.54, 1.807) is 0 Å². The van der Waals surface area contributed by atoms with Gasteiger partial charge >= 0.3 is 0 Å². The van der Waals surface area contributed by atoms with Crippen LogP contribution in [-0.4, -0.2) is 60.2 Å². The van der Waals surface area contributed by atoms with Crippen molar-refractivity contribution in [3.8, 4) is 0 Å². The Hall–Kier alpha value is -1.56. The molecule has 0 spiro atoms. The molecular formula is C20H35N5O. The maximum atomic E-state index is 5.43. The highest BCUT2D eigenvalue weighted by Gasteiger charge is 2.27. The molecule has 1 unspecified atom stereocenters. The molecule has 3 rings (SSSR count). The topological polar surface area (TPSA) is 56.9 Å². The summed E-state index contributed by atoms with van der Waals surface area (Å²) in [7, 11) is 0. The Morgan fingerprint density at radius 3 is 2.81 bits per heavy atom. The zero-order valence-electron chi connectivity index (χ0n) is 16.7. The third kappa shape index (κ3) is 5.22. The summed E-state index contributed by atoms with van der Waals surface area (Å²) in [6, 6.07) is 2.03. The molecule has 2 aliphatic heterocycles. The van der Waals surface area contributed by atoms with Gasteiger partial charge in [0.1, 0.15) is 6.54 Å². The van der Waals surface area contributed by atoms with Crippen molar-refractivity contribution in [1.29, 1.82) is 0 Å². The van der Waals surface area contributed by atoms with Gasteiger partial charge in [-0.15, -0.1) is 0 Å². The molecule has 2 saturated heterocycles. The maximum Gasteiger partial charge on any atom is 0.194 e. The first-order valence-corrected chi connectivity index (χ1v) is 10.4. The monoisotopic (exact) mass is 361 g/mol. The van der Waals surface area contributed by atoms with Gasteiger partial charge in [-0.1, -0.05) is 25.4 Å². The molecule has 6 heteroatoms. The SMILES string of the molecule is CCNC(=NCc1cc(C(C)C)no1)N1CCC(CN2CCCCC2)C1. The van der Waals surface area contributed by atoms with Gasteiger partial charge in [-0.25, -0.2) is 4.99 Å². The molecule has 0 aromatic carbocycles.